The third-order valence-corrected chi connectivity index (χ3v) is 5.34. The summed E-state index contributed by atoms with van der Waals surface area (Å²) in [6.07, 6.45) is 0.527. The Morgan fingerprint density at radius 2 is 1.84 bits per heavy atom. The van der Waals surface area contributed by atoms with Gasteiger partial charge < -0.3 is 15.5 Å². The lowest BCUT2D eigenvalue weighted by molar-refractivity contribution is -0.118. The van der Waals surface area contributed by atoms with E-state index in [1.165, 1.54) is 0 Å². The summed E-state index contributed by atoms with van der Waals surface area (Å²) in [5.41, 5.74) is 3.53. The second kappa shape index (κ2) is 9.43. The second-order valence-electron chi connectivity index (χ2n) is 6.60. The first-order valence-electron chi connectivity index (χ1n) is 9.17. The van der Waals surface area contributed by atoms with E-state index in [2.05, 4.69) is 10.3 Å². The number of carbonyl (C=O) groups is 4. The van der Waals surface area contributed by atoms with E-state index in [1.54, 1.807) is 24.3 Å². The lowest BCUT2D eigenvalue weighted by atomic mass is 10.1. The lowest BCUT2D eigenvalue weighted by Gasteiger charge is -2.09. The maximum absolute atomic E-state index is 12.2. The predicted molar refractivity (Wildman–Crippen MR) is 110 cm³/mol. The van der Waals surface area contributed by atoms with Crippen LogP contribution in [0.4, 0.5) is 4.79 Å². The third kappa shape index (κ3) is 5.48. The number of H-pyrrole nitrogens is 1. The van der Waals surface area contributed by atoms with Gasteiger partial charge in [-0.25, -0.2) is 4.79 Å². The van der Waals surface area contributed by atoms with Gasteiger partial charge in [0.1, 0.15) is 11.4 Å². The molecule has 1 unspecified atom stereocenters. The van der Waals surface area contributed by atoms with E-state index in [4.69, 9.17) is 10.5 Å². The van der Waals surface area contributed by atoms with Crippen molar-refractivity contribution >= 4 is 34.7 Å². The number of amides is 3. The van der Waals surface area contributed by atoms with E-state index >= 15 is 0 Å². The van der Waals surface area contributed by atoms with E-state index in [1.807, 2.05) is 0 Å². The number of ether oxygens (including phenoxy) is 1. The molecular formula is C19H18N4O7S. The Morgan fingerprint density at radius 1 is 1.13 bits per heavy atom. The summed E-state index contributed by atoms with van der Waals surface area (Å²) in [5, 5.41) is 1.44. The van der Waals surface area contributed by atoms with Crippen molar-refractivity contribution in [1.29, 1.82) is 0 Å². The van der Waals surface area contributed by atoms with Crippen LogP contribution >= 0.6 is 11.8 Å². The number of nitrogens with two attached hydrogens (primary N) is 1. The number of hydrogen-bond donors (Lipinski definition) is 3. The van der Waals surface area contributed by atoms with Gasteiger partial charge in [0, 0.05) is 12.5 Å². The van der Waals surface area contributed by atoms with Crippen LogP contribution in [0.3, 0.4) is 0 Å². The van der Waals surface area contributed by atoms with Gasteiger partial charge in [0.25, 0.3) is 16.7 Å². The Morgan fingerprint density at radius 3 is 2.42 bits per heavy atom. The minimum atomic E-state index is -1.03. The lowest BCUT2D eigenvalue weighted by Crippen LogP contribution is -2.41. The molecule has 1 aromatic heterocycles. The average molecular weight is 446 g/mol. The Bertz CT molecular complexity index is 1120. The van der Waals surface area contributed by atoms with Gasteiger partial charge in [-0.1, -0.05) is 23.9 Å². The number of aromatic amines is 1. The quantitative estimate of drug-likeness (QED) is 0.477. The predicted octanol–water partition coefficient (Wildman–Crippen LogP) is 0.0290. The monoisotopic (exact) mass is 446 g/mol. The molecular weight excluding hydrogens is 428 g/mol. The summed E-state index contributed by atoms with van der Waals surface area (Å²) in [4.78, 5) is 71.8. The van der Waals surface area contributed by atoms with Crippen LogP contribution in [0, 0.1) is 0 Å². The highest BCUT2D eigenvalue weighted by Crippen LogP contribution is 2.23. The smallest absolute Gasteiger partial charge is 0.335 e. The normalized spacial score (nSPS) is 15.5. The zero-order valence-electron chi connectivity index (χ0n) is 16.1. The van der Waals surface area contributed by atoms with Crippen LogP contribution in [0.5, 0.6) is 5.75 Å². The van der Waals surface area contributed by atoms with E-state index in [9.17, 15) is 28.8 Å². The van der Waals surface area contributed by atoms with Gasteiger partial charge in [-0.05, 0) is 30.5 Å². The van der Waals surface area contributed by atoms with Crippen LogP contribution in [0.2, 0.25) is 0 Å². The van der Waals surface area contributed by atoms with Gasteiger partial charge in [0.15, 0.2) is 0 Å². The molecule has 1 atom stereocenters. The SMILES string of the molecule is NC(=O)c1cc(=O)n(C(=O)CCCOc2ccc(CC3SC(=O)NC3=O)cc2)c(=O)[nH]1. The van der Waals surface area contributed by atoms with Crippen molar-refractivity contribution in [2.24, 2.45) is 5.73 Å². The number of benzene rings is 1. The van der Waals surface area contributed by atoms with E-state index < -0.39 is 28.3 Å². The molecule has 0 bridgehead atoms. The Hall–Kier alpha value is -3.67. The molecule has 2 heterocycles. The topological polar surface area (TPSA) is 170 Å². The number of primary amides is 1. The summed E-state index contributed by atoms with van der Waals surface area (Å²) < 4.78 is 5.95. The zero-order valence-corrected chi connectivity index (χ0v) is 16.9. The van der Waals surface area contributed by atoms with Crippen LogP contribution < -0.4 is 27.0 Å². The minimum Gasteiger partial charge on any atom is -0.494 e. The number of nitrogens with one attached hydrogen (secondary N) is 2. The molecule has 11 nitrogen and oxygen atoms in total. The van der Waals surface area contributed by atoms with Crippen molar-refractivity contribution in [3.05, 3.63) is 62.4 Å². The molecule has 12 heteroatoms. The van der Waals surface area contributed by atoms with Crippen LogP contribution in [-0.4, -0.2) is 44.4 Å². The molecule has 31 heavy (non-hydrogen) atoms. The fourth-order valence-corrected chi connectivity index (χ4v) is 3.71. The molecule has 4 N–H and O–H groups in total. The van der Waals surface area contributed by atoms with Crippen molar-refractivity contribution < 1.29 is 23.9 Å². The standard InChI is InChI=1S/C19H18N4O7S/c20-16(26)12-9-15(25)23(18(28)21-12)14(24)2-1-7-30-11-5-3-10(4-6-11)8-13-17(27)22-19(29)31-13/h3-6,9,13H,1-2,7-8H2,(H2,20,26)(H,21,28)(H,22,27,29). The summed E-state index contributed by atoms with van der Waals surface area (Å²) in [5.74, 6) is -1.48. The molecule has 0 saturated carbocycles. The van der Waals surface area contributed by atoms with E-state index in [-0.39, 0.29) is 36.3 Å². The second-order valence-corrected chi connectivity index (χ2v) is 7.78. The Labute approximate surface area is 179 Å². The highest BCUT2D eigenvalue weighted by molar-refractivity contribution is 8.15. The van der Waals surface area contributed by atoms with E-state index in [0.29, 0.717) is 16.7 Å². The van der Waals surface area contributed by atoms with Crippen LogP contribution in [0.15, 0.2) is 39.9 Å². The largest absolute Gasteiger partial charge is 0.494 e. The van der Waals surface area contributed by atoms with Crippen molar-refractivity contribution in [2.75, 3.05) is 6.61 Å². The molecule has 1 aromatic carbocycles. The highest BCUT2D eigenvalue weighted by Gasteiger charge is 2.31. The van der Waals surface area contributed by atoms with Gasteiger partial charge >= 0.3 is 5.69 Å². The zero-order chi connectivity index (χ0) is 22.5. The van der Waals surface area contributed by atoms with Gasteiger partial charge in [-0.15, -0.1) is 0 Å². The van der Waals surface area contributed by atoms with Gasteiger partial charge in [0.05, 0.1) is 11.9 Å². The molecule has 3 rings (SSSR count). The average Bonchev–Trinajstić information content (AvgIpc) is 3.02. The number of imide groups is 1. The molecule has 1 fully saturated rings. The summed E-state index contributed by atoms with van der Waals surface area (Å²) in [6.45, 7) is 0.159. The first-order valence-corrected chi connectivity index (χ1v) is 10.0. The van der Waals surface area contributed by atoms with Gasteiger partial charge in [-0.3, -0.25) is 29.3 Å². The first kappa shape index (κ1) is 22.0. The molecule has 0 radical (unpaired) electrons. The van der Waals surface area contributed by atoms with Gasteiger partial charge in [0.2, 0.25) is 11.8 Å². The number of rotatable bonds is 8. The number of thioether (sulfide) groups is 1. The van der Waals surface area contributed by atoms with Crippen LogP contribution in [0.1, 0.15) is 33.7 Å². The first-order chi connectivity index (χ1) is 14.7. The van der Waals surface area contributed by atoms with Crippen molar-refractivity contribution in [3.8, 4) is 5.75 Å². The molecule has 2 aromatic rings. The molecule has 162 valence electrons. The number of hydrogen-bond acceptors (Lipinski definition) is 8. The maximum Gasteiger partial charge on any atom is 0.335 e. The van der Waals surface area contributed by atoms with Crippen molar-refractivity contribution in [3.63, 3.8) is 0 Å². The fraction of sp³-hybridized carbons (Fsp3) is 0.263. The highest BCUT2D eigenvalue weighted by atomic mass is 32.2. The molecule has 0 aliphatic carbocycles. The van der Waals surface area contributed by atoms with Gasteiger partial charge in [-0.2, -0.15) is 4.57 Å². The van der Waals surface area contributed by atoms with Crippen LogP contribution in [-0.2, 0) is 11.2 Å². The number of carbonyl (C=O) groups excluding carboxylic acids is 4. The van der Waals surface area contributed by atoms with Crippen molar-refractivity contribution in [1.82, 2.24) is 14.9 Å². The minimum absolute atomic E-state index is 0.126. The number of aromatic nitrogens is 2. The molecule has 1 aliphatic rings. The van der Waals surface area contributed by atoms with E-state index in [0.717, 1.165) is 23.4 Å². The summed E-state index contributed by atoms with van der Waals surface area (Å²) in [7, 11) is 0. The molecule has 1 saturated heterocycles. The fourth-order valence-electron chi connectivity index (χ4n) is 2.85. The molecule has 3 amide bonds. The third-order valence-electron chi connectivity index (χ3n) is 4.36. The molecule has 1 aliphatic heterocycles. The molecule has 0 spiro atoms. The van der Waals surface area contributed by atoms with Crippen LogP contribution in [0.25, 0.3) is 0 Å². The Balaban J connectivity index is 1.49. The Kier molecular flexibility index (Phi) is 6.70. The summed E-state index contributed by atoms with van der Waals surface area (Å²) >= 11 is 0.960. The van der Waals surface area contributed by atoms with Crippen molar-refractivity contribution in [2.45, 2.75) is 24.5 Å². The number of nitrogens with zero attached hydrogens (tertiary/aromatic N) is 1. The summed E-state index contributed by atoms with van der Waals surface area (Å²) in [6, 6.07) is 7.75. The maximum atomic E-state index is 12.2.